The molecule has 3 rings (SSSR count). The summed E-state index contributed by atoms with van der Waals surface area (Å²) in [5, 5.41) is 5.20. The molecule has 0 aromatic heterocycles. The molecule has 1 aliphatic heterocycles. The number of ether oxygens (including phenoxy) is 2. The van der Waals surface area contributed by atoms with Gasteiger partial charge in [0.1, 0.15) is 6.61 Å². The van der Waals surface area contributed by atoms with Crippen molar-refractivity contribution in [1.29, 1.82) is 0 Å². The number of halogens is 3. The molecule has 1 heterocycles. The van der Waals surface area contributed by atoms with Gasteiger partial charge in [-0.15, -0.1) is 0 Å². The highest BCUT2D eigenvalue weighted by molar-refractivity contribution is 6.36. The number of likely N-dealkylation sites (N-methyl/N-ethyl adjacent to an activating group) is 1. The summed E-state index contributed by atoms with van der Waals surface area (Å²) in [5.74, 6) is 1.13. The van der Waals surface area contributed by atoms with E-state index < -0.39 is 0 Å². The molecule has 2 aromatic carbocycles. The van der Waals surface area contributed by atoms with E-state index in [2.05, 4.69) is 17.1 Å². The first-order chi connectivity index (χ1) is 14.5. The van der Waals surface area contributed by atoms with Crippen LogP contribution in [0.5, 0.6) is 11.5 Å². The van der Waals surface area contributed by atoms with Crippen molar-refractivity contribution < 1.29 is 9.47 Å². The maximum Gasteiger partial charge on any atom is 0.180 e. The summed E-state index contributed by atoms with van der Waals surface area (Å²) in [4.78, 5) is 2.53. The molecule has 4 nitrogen and oxygen atoms in total. The normalized spacial score (nSPS) is 16.8. The zero-order valence-corrected chi connectivity index (χ0v) is 19.8. The summed E-state index contributed by atoms with van der Waals surface area (Å²) in [6.45, 7) is 8.89. The Morgan fingerprint density at radius 3 is 2.53 bits per heavy atom. The van der Waals surface area contributed by atoms with E-state index in [1.807, 2.05) is 19.1 Å². The molecule has 0 amide bonds. The van der Waals surface area contributed by atoms with Crippen LogP contribution < -0.4 is 14.8 Å². The van der Waals surface area contributed by atoms with Gasteiger partial charge < -0.3 is 14.8 Å². The Balaban J connectivity index is 1.67. The third-order valence-electron chi connectivity index (χ3n) is 5.41. The van der Waals surface area contributed by atoms with Gasteiger partial charge in [0, 0.05) is 34.7 Å². The minimum atomic E-state index is 0.213. The number of hydrogen-bond acceptors (Lipinski definition) is 4. The van der Waals surface area contributed by atoms with Gasteiger partial charge in [-0.25, -0.2) is 0 Å². The van der Waals surface area contributed by atoms with Crippen LogP contribution in [-0.4, -0.2) is 37.2 Å². The molecule has 1 fully saturated rings. The Kier molecular flexibility index (Phi) is 8.97. The van der Waals surface area contributed by atoms with E-state index in [0.717, 1.165) is 30.8 Å². The second-order valence-electron chi connectivity index (χ2n) is 7.38. The molecule has 0 spiro atoms. The first-order valence-corrected chi connectivity index (χ1v) is 11.6. The van der Waals surface area contributed by atoms with Crippen LogP contribution in [0.25, 0.3) is 0 Å². The third kappa shape index (κ3) is 5.95. The Hall–Kier alpha value is -1.17. The third-order valence-corrected chi connectivity index (χ3v) is 6.39. The van der Waals surface area contributed by atoms with Crippen molar-refractivity contribution in [3.8, 4) is 11.5 Å². The van der Waals surface area contributed by atoms with Crippen LogP contribution in [0.3, 0.4) is 0 Å². The van der Waals surface area contributed by atoms with Gasteiger partial charge in [-0.2, -0.15) is 0 Å². The highest BCUT2D eigenvalue weighted by Crippen LogP contribution is 2.38. The van der Waals surface area contributed by atoms with Gasteiger partial charge in [0.15, 0.2) is 11.5 Å². The molecule has 2 aromatic rings. The second kappa shape index (κ2) is 11.4. The molecule has 0 saturated carbocycles. The van der Waals surface area contributed by atoms with Gasteiger partial charge in [0.05, 0.1) is 11.6 Å². The molecule has 0 aliphatic carbocycles. The maximum absolute atomic E-state index is 6.56. The summed E-state index contributed by atoms with van der Waals surface area (Å²) in [6, 6.07) is 9.90. The van der Waals surface area contributed by atoms with Gasteiger partial charge in [-0.05, 0) is 62.7 Å². The number of hydrogen-bond donors (Lipinski definition) is 1. The molecule has 0 radical (unpaired) electrons. The van der Waals surface area contributed by atoms with Crippen molar-refractivity contribution in [2.45, 2.75) is 45.9 Å². The molecule has 1 atom stereocenters. The molecule has 1 saturated heterocycles. The summed E-state index contributed by atoms with van der Waals surface area (Å²) >= 11 is 19.1. The fourth-order valence-corrected chi connectivity index (χ4v) is 4.66. The summed E-state index contributed by atoms with van der Waals surface area (Å²) in [7, 11) is 0. The van der Waals surface area contributed by atoms with E-state index in [-0.39, 0.29) is 6.61 Å². The van der Waals surface area contributed by atoms with Crippen molar-refractivity contribution in [3.05, 3.63) is 56.5 Å². The van der Waals surface area contributed by atoms with Gasteiger partial charge in [-0.1, -0.05) is 47.8 Å². The lowest BCUT2D eigenvalue weighted by atomic mass is 10.1. The second-order valence-corrected chi connectivity index (χ2v) is 8.60. The molecule has 1 N–H and O–H groups in total. The van der Waals surface area contributed by atoms with Crippen LogP contribution in [0.2, 0.25) is 15.1 Å². The molecular weight excluding hydrogens is 443 g/mol. The van der Waals surface area contributed by atoms with Crippen molar-refractivity contribution >= 4 is 34.8 Å². The molecule has 0 bridgehead atoms. The van der Waals surface area contributed by atoms with Crippen LogP contribution in [0.4, 0.5) is 0 Å². The van der Waals surface area contributed by atoms with Crippen molar-refractivity contribution in [2.24, 2.45) is 0 Å². The zero-order chi connectivity index (χ0) is 21.5. The SMILES string of the molecule is CCOc1cc(CNC[C@H]2CCCN2CC)cc(Cl)c1OCc1c(Cl)cccc1Cl. The largest absolute Gasteiger partial charge is 0.490 e. The lowest BCUT2D eigenvalue weighted by Crippen LogP contribution is -2.37. The van der Waals surface area contributed by atoms with Gasteiger partial charge >= 0.3 is 0 Å². The Morgan fingerprint density at radius 2 is 1.83 bits per heavy atom. The number of nitrogens with zero attached hydrogens (tertiary/aromatic N) is 1. The van der Waals surface area contributed by atoms with Crippen molar-refractivity contribution in [1.82, 2.24) is 10.2 Å². The topological polar surface area (TPSA) is 33.7 Å². The van der Waals surface area contributed by atoms with Crippen LogP contribution in [-0.2, 0) is 13.2 Å². The number of benzene rings is 2. The zero-order valence-electron chi connectivity index (χ0n) is 17.5. The molecular formula is C23H29Cl3N2O2. The highest BCUT2D eigenvalue weighted by Gasteiger charge is 2.22. The molecule has 164 valence electrons. The quantitative estimate of drug-likeness (QED) is 0.447. The van der Waals surface area contributed by atoms with E-state index in [0.29, 0.717) is 39.2 Å². The predicted molar refractivity (Wildman–Crippen MR) is 125 cm³/mol. The van der Waals surface area contributed by atoms with E-state index >= 15 is 0 Å². The Labute approximate surface area is 194 Å². The summed E-state index contributed by atoms with van der Waals surface area (Å²) in [6.07, 6.45) is 2.53. The monoisotopic (exact) mass is 470 g/mol. The predicted octanol–water partition coefficient (Wildman–Crippen LogP) is 6.20. The van der Waals surface area contributed by atoms with Gasteiger partial charge in [0.2, 0.25) is 0 Å². The smallest absolute Gasteiger partial charge is 0.180 e. The van der Waals surface area contributed by atoms with Crippen molar-refractivity contribution in [2.75, 3.05) is 26.2 Å². The van der Waals surface area contributed by atoms with Gasteiger partial charge in [0.25, 0.3) is 0 Å². The minimum absolute atomic E-state index is 0.213. The summed E-state index contributed by atoms with van der Waals surface area (Å²) in [5.41, 5.74) is 1.79. The van der Waals surface area contributed by atoms with E-state index in [1.165, 1.54) is 19.4 Å². The Morgan fingerprint density at radius 1 is 1.07 bits per heavy atom. The lowest BCUT2D eigenvalue weighted by molar-refractivity contribution is 0.259. The lowest BCUT2D eigenvalue weighted by Gasteiger charge is -2.23. The van der Waals surface area contributed by atoms with Crippen LogP contribution in [0.15, 0.2) is 30.3 Å². The Bertz CT molecular complexity index is 827. The fourth-order valence-electron chi connectivity index (χ4n) is 3.87. The number of likely N-dealkylation sites (tertiary alicyclic amines) is 1. The average Bonchev–Trinajstić information content (AvgIpc) is 3.17. The van der Waals surface area contributed by atoms with Crippen LogP contribution >= 0.6 is 34.8 Å². The van der Waals surface area contributed by atoms with Crippen molar-refractivity contribution in [3.63, 3.8) is 0 Å². The average molecular weight is 472 g/mol. The van der Waals surface area contributed by atoms with E-state index in [9.17, 15) is 0 Å². The van der Waals surface area contributed by atoms with E-state index in [4.69, 9.17) is 44.3 Å². The van der Waals surface area contributed by atoms with E-state index in [1.54, 1.807) is 18.2 Å². The molecule has 7 heteroatoms. The van der Waals surface area contributed by atoms with Crippen LogP contribution in [0.1, 0.15) is 37.8 Å². The fraction of sp³-hybridized carbons (Fsp3) is 0.478. The number of rotatable bonds is 10. The molecule has 30 heavy (non-hydrogen) atoms. The minimum Gasteiger partial charge on any atom is -0.490 e. The molecule has 0 unspecified atom stereocenters. The first-order valence-electron chi connectivity index (χ1n) is 10.5. The first kappa shape index (κ1) is 23.5. The number of nitrogens with one attached hydrogen (secondary N) is 1. The maximum atomic E-state index is 6.56. The standard InChI is InChI=1S/C23H29Cl3N2O2/c1-3-28-10-6-7-17(28)14-27-13-16-11-21(26)23(22(12-16)29-4-2)30-15-18-19(24)8-5-9-20(18)25/h5,8-9,11-12,17,27H,3-4,6-7,10,13-15H2,1-2H3/t17-/m1/s1. The summed E-state index contributed by atoms with van der Waals surface area (Å²) < 4.78 is 11.8. The van der Waals surface area contributed by atoms with Gasteiger partial charge in [-0.3, -0.25) is 4.90 Å². The highest BCUT2D eigenvalue weighted by atomic mass is 35.5. The van der Waals surface area contributed by atoms with Crippen LogP contribution in [0, 0.1) is 0 Å². The molecule has 1 aliphatic rings.